The SMILES string of the molecule is C[C@H](Cl)C(=O)N(C1CCOCC1)C1CC1. The number of rotatable bonds is 3. The highest BCUT2D eigenvalue weighted by atomic mass is 35.5. The first-order valence-corrected chi connectivity index (χ1v) is 6.18. The first-order chi connectivity index (χ1) is 7.20. The molecule has 1 aliphatic carbocycles. The zero-order valence-electron chi connectivity index (χ0n) is 9.12. The molecule has 0 N–H and O–H groups in total. The summed E-state index contributed by atoms with van der Waals surface area (Å²) in [6.07, 6.45) is 4.22. The highest BCUT2D eigenvalue weighted by molar-refractivity contribution is 6.30. The van der Waals surface area contributed by atoms with Crippen molar-refractivity contribution < 1.29 is 9.53 Å². The lowest BCUT2D eigenvalue weighted by Crippen LogP contribution is -2.47. The first kappa shape index (κ1) is 11.2. The second-order valence-electron chi connectivity index (χ2n) is 4.44. The van der Waals surface area contributed by atoms with Gasteiger partial charge in [0.25, 0.3) is 0 Å². The van der Waals surface area contributed by atoms with E-state index < -0.39 is 5.38 Å². The molecule has 1 aliphatic heterocycles. The summed E-state index contributed by atoms with van der Waals surface area (Å²) in [5.41, 5.74) is 0. The molecule has 0 unspecified atom stereocenters. The molecule has 0 aromatic heterocycles. The molecule has 15 heavy (non-hydrogen) atoms. The molecule has 1 atom stereocenters. The highest BCUT2D eigenvalue weighted by Gasteiger charge is 2.38. The van der Waals surface area contributed by atoms with Gasteiger partial charge < -0.3 is 9.64 Å². The van der Waals surface area contributed by atoms with E-state index in [9.17, 15) is 4.79 Å². The number of amides is 1. The van der Waals surface area contributed by atoms with Crippen molar-refractivity contribution in [2.75, 3.05) is 13.2 Å². The molecule has 0 spiro atoms. The minimum atomic E-state index is -0.395. The summed E-state index contributed by atoms with van der Waals surface area (Å²) < 4.78 is 5.32. The van der Waals surface area contributed by atoms with Gasteiger partial charge >= 0.3 is 0 Å². The summed E-state index contributed by atoms with van der Waals surface area (Å²) in [6, 6.07) is 0.821. The number of hydrogen-bond acceptors (Lipinski definition) is 2. The molecule has 2 rings (SSSR count). The highest BCUT2D eigenvalue weighted by Crippen LogP contribution is 2.32. The van der Waals surface area contributed by atoms with Crippen LogP contribution in [0, 0.1) is 0 Å². The Hall–Kier alpha value is -0.280. The van der Waals surface area contributed by atoms with Gasteiger partial charge in [-0.1, -0.05) is 0 Å². The topological polar surface area (TPSA) is 29.5 Å². The summed E-state index contributed by atoms with van der Waals surface area (Å²) in [4.78, 5) is 14.0. The third-order valence-electron chi connectivity index (χ3n) is 3.12. The number of carbonyl (C=O) groups is 1. The van der Waals surface area contributed by atoms with E-state index in [2.05, 4.69) is 0 Å². The summed E-state index contributed by atoms with van der Waals surface area (Å²) >= 11 is 5.89. The lowest BCUT2D eigenvalue weighted by atomic mass is 10.1. The van der Waals surface area contributed by atoms with Crippen LogP contribution in [0.5, 0.6) is 0 Å². The van der Waals surface area contributed by atoms with E-state index >= 15 is 0 Å². The van der Waals surface area contributed by atoms with Gasteiger partial charge in [0, 0.05) is 25.3 Å². The average molecular weight is 232 g/mol. The van der Waals surface area contributed by atoms with Crippen LogP contribution in [0.25, 0.3) is 0 Å². The smallest absolute Gasteiger partial charge is 0.240 e. The third kappa shape index (κ3) is 2.64. The molecule has 1 saturated heterocycles. The van der Waals surface area contributed by atoms with Crippen molar-refractivity contribution in [3.63, 3.8) is 0 Å². The number of nitrogens with zero attached hydrogens (tertiary/aromatic N) is 1. The van der Waals surface area contributed by atoms with E-state index in [1.165, 1.54) is 0 Å². The maximum atomic E-state index is 12.0. The molecule has 0 radical (unpaired) electrons. The monoisotopic (exact) mass is 231 g/mol. The predicted molar refractivity (Wildman–Crippen MR) is 59.0 cm³/mol. The van der Waals surface area contributed by atoms with Gasteiger partial charge in [0.15, 0.2) is 0 Å². The normalized spacial score (nSPS) is 24.9. The Labute approximate surface area is 95.7 Å². The van der Waals surface area contributed by atoms with Crippen molar-refractivity contribution in [1.29, 1.82) is 0 Å². The third-order valence-corrected chi connectivity index (χ3v) is 3.31. The molecule has 0 aromatic rings. The second-order valence-corrected chi connectivity index (χ2v) is 5.09. The lowest BCUT2D eigenvalue weighted by Gasteiger charge is -2.35. The molecule has 1 heterocycles. The Morgan fingerprint density at radius 2 is 1.80 bits per heavy atom. The maximum Gasteiger partial charge on any atom is 0.240 e. The van der Waals surface area contributed by atoms with Crippen molar-refractivity contribution in [3.05, 3.63) is 0 Å². The van der Waals surface area contributed by atoms with Crippen LogP contribution in [-0.2, 0) is 9.53 Å². The minimum Gasteiger partial charge on any atom is -0.381 e. The van der Waals surface area contributed by atoms with Crippen LogP contribution in [0.3, 0.4) is 0 Å². The van der Waals surface area contributed by atoms with Gasteiger partial charge in [-0.3, -0.25) is 4.79 Å². The molecular formula is C11H18ClNO2. The van der Waals surface area contributed by atoms with Crippen LogP contribution in [-0.4, -0.2) is 41.5 Å². The van der Waals surface area contributed by atoms with Gasteiger partial charge in [0.05, 0.1) is 0 Å². The Balaban J connectivity index is 2.01. The van der Waals surface area contributed by atoms with Crippen LogP contribution in [0.4, 0.5) is 0 Å². The standard InChI is InChI=1S/C11H18ClNO2/c1-8(12)11(14)13(9-2-3-9)10-4-6-15-7-5-10/h8-10H,2-7H2,1H3/t8-/m0/s1. The van der Waals surface area contributed by atoms with Crippen molar-refractivity contribution in [2.45, 2.75) is 50.1 Å². The molecule has 1 saturated carbocycles. The quantitative estimate of drug-likeness (QED) is 0.693. The molecule has 4 heteroatoms. The largest absolute Gasteiger partial charge is 0.381 e. The fraction of sp³-hybridized carbons (Fsp3) is 0.909. The van der Waals surface area contributed by atoms with Crippen LogP contribution in [0.15, 0.2) is 0 Å². The maximum absolute atomic E-state index is 12.0. The van der Waals surface area contributed by atoms with E-state index in [0.717, 1.165) is 38.9 Å². The Kier molecular flexibility index (Phi) is 3.52. The zero-order valence-corrected chi connectivity index (χ0v) is 9.87. The summed E-state index contributed by atoms with van der Waals surface area (Å²) in [5, 5.41) is -0.395. The molecule has 0 aromatic carbocycles. The minimum absolute atomic E-state index is 0.103. The van der Waals surface area contributed by atoms with E-state index in [4.69, 9.17) is 16.3 Å². The average Bonchev–Trinajstić information content (AvgIpc) is 3.04. The van der Waals surface area contributed by atoms with Crippen molar-refractivity contribution in [2.24, 2.45) is 0 Å². The van der Waals surface area contributed by atoms with Gasteiger partial charge in [0.1, 0.15) is 5.38 Å². The second kappa shape index (κ2) is 4.71. The fourth-order valence-corrected chi connectivity index (χ4v) is 2.29. The zero-order chi connectivity index (χ0) is 10.8. The van der Waals surface area contributed by atoms with Gasteiger partial charge in [-0.05, 0) is 32.6 Å². The van der Waals surface area contributed by atoms with Crippen molar-refractivity contribution in [1.82, 2.24) is 4.90 Å². The van der Waals surface area contributed by atoms with E-state index in [1.807, 2.05) is 4.90 Å². The lowest BCUT2D eigenvalue weighted by molar-refractivity contribution is -0.135. The Morgan fingerprint density at radius 1 is 1.27 bits per heavy atom. The number of carbonyl (C=O) groups excluding carboxylic acids is 1. The van der Waals surface area contributed by atoms with Gasteiger partial charge in [-0.2, -0.15) is 0 Å². The molecule has 86 valence electrons. The van der Waals surface area contributed by atoms with E-state index in [1.54, 1.807) is 6.92 Å². The van der Waals surface area contributed by atoms with E-state index in [-0.39, 0.29) is 5.91 Å². The van der Waals surface area contributed by atoms with Crippen LogP contribution < -0.4 is 0 Å². The molecule has 2 aliphatic rings. The van der Waals surface area contributed by atoms with Crippen LogP contribution >= 0.6 is 11.6 Å². The summed E-state index contributed by atoms with van der Waals surface area (Å²) in [6.45, 7) is 3.31. The van der Waals surface area contributed by atoms with E-state index in [0.29, 0.717) is 12.1 Å². The number of hydrogen-bond donors (Lipinski definition) is 0. The van der Waals surface area contributed by atoms with Gasteiger partial charge in [-0.15, -0.1) is 11.6 Å². The molecule has 1 amide bonds. The first-order valence-electron chi connectivity index (χ1n) is 5.74. The number of ether oxygens (including phenoxy) is 1. The summed E-state index contributed by atoms with van der Waals surface area (Å²) in [5.74, 6) is 0.103. The predicted octanol–water partition coefficient (Wildman–Crippen LogP) is 1.78. The Bertz CT molecular complexity index is 235. The number of halogens is 1. The molecular weight excluding hydrogens is 214 g/mol. The van der Waals surface area contributed by atoms with Crippen molar-refractivity contribution in [3.8, 4) is 0 Å². The molecule has 0 bridgehead atoms. The van der Waals surface area contributed by atoms with Crippen molar-refractivity contribution >= 4 is 17.5 Å². The Morgan fingerprint density at radius 3 is 2.27 bits per heavy atom. The molecule has 2 fully saturated rings. The van der Waals surface area contributed by atoms with Crippen LogP contribution in [0.1, 0.15) is 32.6 Å². The molecule has 3 nitrogen and oxygen atoms in total. The number of alkyl halides is 1. The van der Waals surface area contributed by atoms with Crippen LogP contribution in [0.2, 0.25) is 0 Å². The van der Waals surface area contributed by atoms with Gasteiger partial charge in [0.2, 0.25) is 5.91 Å². The van der Waals surface area contributed by atoms with Gasteiger partial charge in [-0.25, -0.2) is 0 Å². The fourth-order valence-electron chi connectivity index (χ4n) is 2.18. The summed E-state index contributed by atoms with van der Waals surface area (Å²) in [7, 11) is 0.